The van der Waals surface area contributed by atoms with E-state index in [1.54, 1.807) is 0 Å². The minimum Gasteiger partial charge on any atom is -0.352 e. The molecule has 1 aliphatic heterocycles. The van der Waals surface area contributed by atoms with E-state index in [-0.39, 0.29) is 42.1 Å². The molecular weight excluding hydrogens is 292 g/mol. The highest BCUT2D eigenvalue weighted by atomic mass is 16.2. The monoisotopic (exact) mass is 318 g/mol. The third-order valence-electron chi connectivity index (χ3n) is 5.95. The summed E-state index contributed by atoms with van der Waals surface area (Å²) in [7, 11) is 0. The molecule has 1 N–H and O–H groups in total. The molecule has 1 saturated heterocycles. The maximum Gasteiger partial charge on any atom is 0.240 e. The molecule has 0 aromatic carbocycles. The Labute approximate surface area is 137 Å². The lowest BCUT2D eigenvalue weighted by Crippen LogP contribution is -2.48. The van der Waals surface area contributed by atoms with Crippen LogP contribution < -0.4 is 5.32 Å². The zero-order chi connectivity index (χ0) is 16.6. The van der Waals surface area contributed by atoms with Crippen molar-refractivity contribution in [3.05, 3.63) is 12.2 Å². The highest BCUT2D eigenvalue weighted by Gasteiger charge is 2.47. The molecule has 0 radical (unpaired) electrons. The Morgan fingerprint density at radius 2 is 1.74 bits per heavy atom. The molecule has 2 fully saturated rings. The van der Waals surface area contributed by atoms with Crippen LogP contribution in [0.3, 0.4) is 0 Å². The summed E-state index contributed by atoms with van der Waals surface area (Å²) in [5.74, 6) is -0.0382. The van der Waals surface area contributed by atoms with Gasteiger partial charge in [-0.05, 0) is 31.1 Å². The van der Waals surface area contributed by atoms with Crippen molar-refractivity contribution in [2.75, 3.05) is 6.54 Å². The van der Waals surface area contributed by atoms with Gasteiger partial charge in [0.1, 0.15) is 6.54 Å². The fraction of sp³-hybridized carbons (Fsp3) is 0.722. The van der Waals surface area contributed by atoms with Gasteiger partial charge in [0.05, 0.1) is 11.8 Å². The summed E-state index contributed by atoms with van der Waals surface area (Å²) in [5, 5.41) is 3.05. The van der Waals surface area contributed by atoms with Crippen molar-refractivity contribution in [2.45, 2.75) is 52.0 Å². The summed E-state index contributed by atoms with van der Waals surface area (Å²) in [6.45, 7) is 4.26. The van der Waals surface area contributed by atoms with Gasteiger partial charge in [-0.1, -0.05) is 38.8 Å². The van der Waals surface area contributed by atoms with Crippen LogP contribution in [0.4, 0.5) is 0 Å². The molecule has 3 amide bonds. The number of likely N-dealkylation sites (tertiary alicyclic amines) is 1. The second kappa shape index (κ2) is 6.46. The summed E-state index contributed by atoms with van der Waals surface area (Å²) < 4.78 is 0. The van der Waals surface area contributed by atoms with Crippen molar-refractivity contribution in [3.8, 4) is 0 Å². The highest BCUT2D eigenvalue weighted by Crippen LogP contribution is 2.35. The third-order valence-corrected chi connectivity index (χ3v) is 5.95. The Morgan fingerprint density at radius 3 is 2.35 bits per heavy atom. The summed E-state index contributed by atoms with van der Waals surface area (Å²) in [6.07, 6.45) is 8.45. The van der Waals surface area contributed by atoms with Gasteiger partial charge in [-0.25, -0.2) is 0 Å². The third kappa shape index (κ3) is 3.06. The van der Waals surface area contributed by atoms with Crippen LogP contribution in [0.25, 0.3) is 0 Å². The lowest BCUT2D eigenvalue weighted by atomic mass is 9.78. The molecule has 5 heteroatoms. The van der Waals surface area contributed by atoms with Crippen molar-refractivity contribution >= 4 is 17.7 Å². The van der Waals surface area contributed by atoms with Crippen LogP contribution >= 0.6 is 0 Å². The molecule has 23 heavy (non-hydrogen) atoms. The van der Waals surface area contributed by atoms with E-state index in [1.807, 2.05) is 12.2 Å². The van der Waals surface area contributed by atoms with E-state index in [4.69, 9.17) is 0 Å². The summed E-state index contributed by atoms with van der Waals surface area (Å²) in [5.41, 5.74) is 0. The maximum atomic E-state index is 12.4. The fourth-order valence-corrected chi connectivity index (χ4v) is 4.21. The summed E-state index contributed by atoms with van der Waals surface area (Å²) >= 11 is 0. The van der Waals surface area contributed by atoms with Gasteiger partial charge in [0.2, 0.25) is 17.7 Å². The Balaban J connectivity index is 1.60. The molecule has 0 aromatic rings. The highest BCUT2D eigenvalue weighted by molar-refractivity contribution is 6.07. The maximum absolute atomic E-state index is 12.4. The second-order valence-corrected chi connectivity index (χ2v) is 7.36. The van der Waals surface area contributed by atoms with Crippen LogP contribution in [0.15, 0.2) is 12.2 Å². The number of rotatable bonds is 3. The molecule has 0 aromatic heterocycles. The van der Waals surface area contributed by atoms with Crippen LogP contribution in [0.5, 0.6) is 0 Å². The van der Waals surface area contributed by atoms with E-state index < -0.39 is 0 Å². The van der Waals surface area contributed by atoms with Crippen molar-refractivity contribution in [1.82, 2.24) is 10.2 Å². The predicted molar refractivity (Wildman–Crippen MR) is 86.2 cm³/mol. The zero-order valence-corrected chi connectivity index (χ0v) is 14.0. The van der Waals surface area contributed by atoms with Crippen molar-refractivity contribution < 1.29 is 14.4 Å². The van der Waals surface area contributed by atoms with Gasteiger partial charge < -0.3 is 5.32 Å². The van der Waals surface area contributed by atoms with Crippen LogP contribution in [0, 0.1) is 23.7 Å². The Bertz CT molecular complexity index is 516. The molecule has 0 bridgehead atoms. The van der Waals surface area contributed by atoms with Crippen LogP contribution in [-0.4, -0.2) is 35.2 Å². The first kappa shape index (κ1) is 16.2. The van der Waals surface area contributed by atoms with E-state index >= 15 is 0 Å². The smallest absolute Gasteiger partial charge is 0.240 e. The van der Waals surface area contributed by atoms with Crippen molar-refractivity contribution in [2.24, 2.45) is 23.7 Å². The number of carbonyl (C=O) groups is 3. The number of fused-ring (bicyclic) bond motifs is 1. The standard InChI is InChI=1S/C18H26N2O3/c1-11-6-5-9-15(12(11)2)19-16(21)10-20-17(22)13-7-3-4-8-14(13)18(20)23/h3-4,11-15H,5-10H2,1-2H3,(H,19,21). The number of hydrogen-bond acceptors (Lipinski definition) is 3. The Hall–Kier alpha value is -1.65. The van der Waals surface area contributed by atoms with Gasteiger partial charge in [-0.3, -0.25) is 19.3 Å². The first-order valence-corrected chi connectivity index (χ1v) is 8.78. The number of nitrogens with zero attached hydrogens (tertiary/aromatic N) is 1. The molecule has 126 valence electrons. The molecule has 5 nitrogen and oxygen atoms in total. The fourth-order valence-electron chi connectivity index (χ4n) is 4.21. The largest absolute Gasteiger partial charge is 0.352 e. The lowest BCUT2D eigenvalue weighted by Gasteiger charge is -2.34. The molecule has 3 aliphatic rings. The molecule has 1 saturated carbocycles. The minimum absolute atomic E-state index is 0.123. The summed E-state index contributed by atoms with van der Waals surface area (Å²) in [4.78, 5) is 38.3. The number of amides is 3. The second-order valence-electron chi connectivity index (χ2n) is 7.36. The molecule has 3 rings (SSSR count). The van der Waals surface area contributed by atoms with Crippen LogP contribution in [0.1, 0.15) is 46.0 Å². The average molecular weight is 318 g/mol. The molecular formula is C18H26N2O3. The Morgan fingerprint density at radius 1 is 1.13 bits per heavy atom. The number of allylic oxidation sites excluding steroid dienone is 2. The zero-order valence-electron chi connectivity index (χ0n) is 14.0. The molecule has 1 heterocycles. The van der Waals surface area contributed by atoms with E-state index in [9.17, 15) is 14.4 Å². The van der Waals surface area contributed by atoms with E-state index in [0.29, 0.717) is 24.7 Å². The molecule has 0 spiro atoms. The summed E-state index contributed by atoms with van der Waals surface area (Å²) in [6, 6.07) is 0.156. The van der Waals surface area contributed by atoms with Gasteiger partial charge in [-0.15, -0.1) is 0 Å². The van der Waals surface area contributed by atoms with Gasteiger partial charge >= 0.3 is 0 Å². The molecule has 5 atom stereocenters. The topological polar surface area (TPSA) is 66.5 Å². The number of imide groups is 1. The lowest BCUT2D eigenvalue weighted by molar-refractivity contribution is -0.143. The van der Waals surface area contributed by atoms with Crippen molar-refractivity contribution in [1.29, 1.82) is 0 Å². The number of hydrogen-bond donors (Lipinski definition) is 1. The normalized spacial score (nSPS) is 37.0. The van der Waals surface area contributed by atoms with E-state index in [2.05, 4.69) is 19.2 Å². The van der Waals surface area contributed by atoms with Gasteiger partial charge in [0.25, 0.3) is 0 Å². The first-order valence-electron chi connectivity index (χ1n) is 8.78. The van der Waals surface area contributed by atoms with Crippen molar-refractivity contribution in [3.63, 3.8) is 0 Å². The molecule has 5 unspecified atom stereocenters. The van der Waals surface area contributed by atoms with Crippen LogP contribution in [-0.2, 0) is 14.4 Å². The predicted octanol–water partition coefficient (Wildman–Crippen LogP) is 1.88. The van der Waals surface area contributed by atoms with E-state index in [0.717, 1.165) is 12.8 Å². The van der Waals surface area contributed by atoms with E-state index in [1.165, 1.54) is 11.3 Å². The van der Waals surface area contributed by atoms with Gasteiger partial charge in [-0.2, -0.15) is 0 Å². The Kier molecular flexibility index (Phi) is 4.55. The quantitative estimate of drug-likeness (QED) is 0.638. The number of nitrogens with one attached hydrogen (secondary N) is 1. The van der Waals surface area contributed by atoms with Gasteiger partial charge in [0, 0.05) is 6.04 Å². The minimum atomic E-state index is -0.256. The first-order chi connectivity index (χ1) is 11.0. The van der Waals surface area contributed by atoms with Crippen LogP contribution in [0.2, 0.25) is 0 Å². The average Bonchev–Trinajstić information content (AvgIpc) is 2.77. The SMILES string of the molecule is CC1CCCC(NC(=O)CN2C(=O)C3CC=CCC3C2=O)C1C. The number of carbonyl (C=O) groups excluding carboxylic acids is 3. The molecule has 2 aliphatic carbocycles. The van der Waals surface area contributed by atoms with Gasteiger partial charge in [0.15, 0.2) is 0 Å².